The molecule has 0 bridgehead atoms. The zero-order valence-electron chi connectivity index (χ0n) is 17.0. The molecule has 158 valence electrons. The fourth-order valence-electron chi connectivity index (χ4n) is 3.24. The van der Waals surface area contributed by atoms with Crippen LogP contribution in [0.2, 0.25) is 0 Å². The van der Waals surface area contributed by atoms with E-state index in [1.54, 1.807) is 17.4 Å². The second-order valence-electron chi connectivity index (χ2n) is 7.23. The molecule has 29 heavy (non-hydrogen) atoms. The highest BCUT2D eigenvalue weighted by atomic mass is 79.9. The van der Waals surface area contributed by atoms with E-state index in [-0.39, 0.29) is 23.6 Å². The lowest BCUT2D eigenvalue weighted by molar-refractivity contribution is -0.140. The molecular weight excluding hydrogens is 452 g/mol. The van der Waals surface area contributed by atoms with Gasteiger partial charge in [-0.15, -0.1) is 11.3 Å². The van der Waals surface area contributed by atoms with Crippen LogP contribution >= 0.6 is 27.3 Å². The summed E-state index contributed by atoms with van der Waals surface area (Å²) in [5.74, 6) is -0.146. The molecule has 1 aliphatic carbocycles. The number of methoxy groups -OCH3 is 1. The van der Waals surface area contributed by atoms with Crippen LogP contribution in [0.25, 0.3) is 0 Å². The Balaban J connectivity index is 1.76. The van der Waals surface area contributed by atoms with Gasteiger partial charge in [-0.1, -0.05) is 30.4 Å². The fourth-order valence-corrected chi connectivity index (χ4v) is 4.85. The normalized spacial score (nSPS) is 20.2. The molecule has 0 spiro atoms. The first-order chi connectivity index (χ1) is 13.9. The number of thiophene rings is 1. The predicted octanol–water partition coefficient (Wildman–Crippen LogP) is 5.33. The summed E-state index contributed by atoms with van der Waals surface area (Å²) in [6.07, 6.45) is 15.0. The number of unbranched alkanes of at least 4 members (excludes halogenated alkanes) is 1. The van der Waals surface area contributed by atoms with Crippen molar-refractivity contribution >= 4 is 39.0 Å². The van der Waals surface area contributed by atoms with E-state index >= 15 is 0 Å². The van der Waals surface area contributed by atoms with Gasteiger partial charge in [-0.3, -0.25) is 9.59 Å². The van der Waals surface area contributed by atoms with Gasteiger partial charge in [-0.05, 0) is 67.1 Å². The molecule has 0 aliphatic heterocycles. The van der Waals surface area contributed by atoms with Crippen LogP contribution in [-0.4, -0.2) is 30.1 Å². The summed E-state index contributed by atoms with van der Waals surface area (Å²) in [6, 6.07) is 2.11. The number of ketones is 1. The molecule has 0 amide bonds. The van der Waals surface area contributed by atoms with E-state index in [4.69, 9.17) is 0 Å². The van der Waals surface area contributed by atoms with Crippen LogP contribution in [0.15, 0.2) is 47.0 Å². The number of rotatable bonds is 11. The molecular formula is C23H29BrO4S. The van der Waals surface area contributed by atoms with Crippen molar-refractivity contribution in [2.75, 3.05) is 7.11 Å². The number of aliphatic hydroxyl groups excluding tert-OH is 1. The molecule has 1 aromatic heterocycles. The van der Waals surface area contributed by atoms with Crippen molar-refractivity contribution in [2.24, 2.45) is 11.8 Å². The third-order valence-corrected chi connectivity index (χ3v) is 7.20. The van der Waals surface area contributed by atoms with Gasteiger partial charge in [0.1, 0.15) is 0 Å². The van der Waals surface area contributed by atoms with E-state index in [1.807, 2.05) is 30.4 Å². The van der Waals surface area contributed by atoms with E-state index in [2.05, 4.69) is 33.7 Å². The van der Waals surface area contributed by atoms with Gasteiger partial charge in [0.25, 0.3) is 0 Å². The second-order valence-corrected chi connectivity index (χ2v) is 9.42. The van der Waals surface area contributed by atoms with Gasteiger partial charge in [-0.2, -0.15) is 0 Å². The molecule has 4 nitrogen and oxygen atoms in total. The van der Waals surface area contributed by atoms with Crippen LogP contribution in [-0.2, 0) is 20.7 Å². The van der Waals surface area contributed by atoms with Gasteiger partial charge >= 0.3 is 5.97 Å². The van der Waals surface area contributed by atoms with Crippen LogP contribution < -0.4 is 0 Å². The fraction of sp³-hybridized carbons (Fsp3) is 0.478. The monoisotopic (exact) mass is 480 g/mol. The van der Waals surface area contributed by atoms with Crippen LogP contribution in [0.4, 0.5) is 0 Å². The number of ether oxygens (including phenoxy) is 1. The molecule has 1 unspecified atom stereocenters. The summed E-state index contributed by atoms with van der Waals surface area (Å²) in [5, 5.41) is 10.3. The topological polar surface area (TPSA) is 63.6 Å². The van der Waals surface area contributed by atoms with E-state index in [9.17, 15) is 14.7 Å². The summed E-state index contributed by atoms with van der Waals surface area (Å²) in [6.45, 7) is 2.08. The Morgan fingerprint density at radius 3 is 2.90 bits per heavy atom. The average molecular weight is 481 g/mol. The van der Waals surface area contributed by atoms with Crippen molar-refractivity contribution in [3.05, 3.63) is 56.7 Å². The number of aliphatic hydroxyl groups is 1. The maximum atomic E-state index is 12.1. The Labute approximate surface area is 185 Å². The zero-order chi connectivity index (χ0) is 21.2. The smallest absolute Gasteiger partial charge is 0.305 e. The van der Waals surface area contributed by atoms with Gasteiger partial charge in [0.05, 0.1) is 13.2 Å². The number of allylic oxidation sites excluding steroid dienone is 5. The highest BCUT2D eigenvalue weighted by molar-refractivity contribution is 9.10. The zero-order valence-corrected chi connectivity index (χ0v) is 19.4. The number of hydrogen-bond donors (Lipinski definition) is 1. The Bertz CT molecular complexity index is 758. The highest BCUT2D eigenvalue weighted by Gasteiger charge is 2.27. The number of halogens is 1. The highest BCUT2D eigenvalue weighted by Crippen LogP contribution is 2.29. The maximum absolute atomic E-state index is 12.1. The lowest BCUT2D eigenvalue weighted by Crippen LogP contribution is -2.14. The molecule has 1 aromatic rings. The largest absolute Gasteiger partial charge is 0.469 e. The van der Waals surface area contributed by atoms with Gasteiger partial charge in [0.15, 0.2) is 5.78 Å². The van der Waals surface area contributed by atoms with Crippen molar-refractivity contribution < 1.29 is 19.4 Å². The quantitative estimate of drug-likeness (QED) is 0.264. The Hall–Kier alpha value is -1.50. The van der Waals surface area contributed by atoms with Crippen LogP contribution in [0.1, 0.15) is 41.9 Å². The van der Waals surface area contributed by atoms with Crippen molar-refractivity contribution in [3.63, 3.8) is 0 Å². The number of carbonyl (C=O) groups excluding carboxylic acids is 2. The number of carbonyl (C=O) groups is 2. The number of aryl methyl sites for hydroxylation is 2. The summed E-state index contributed by atoms with van der Waals surface area (Å²) in [7, 11) is 1.39. The Morgan fingerprint density at radius 2 is 2.21 bits per heavy atom. The van der Waals surface area contributed by atoms with Crippen LogP contribution in [0.5, 0.6) is 0 Å². The van der Waals surface area contributed by atoms with Crippen molar-refractivity contribution in [3.8, 4) is 0 Å². The minimum Gasteiger partial charge on any atom is -0.469 e. The third kappa shape index (κ3) is 8.03. The molecule has 2 rings (SSSR count). The minimum absolute atomic E-state index is 0.0231. The Morgan fingerprint density at radius 1 is 1.41 bits per heavy atom. The van der Waals surface area contributed by atoms with Crippen molar-refractivity contribution in [1.29, 1.82) is 0 Å². The summed E-state index contributed by atoms with van der Waals surface area (Å²) in [4.78, 5) is 25.7. The summed E-state index contributed by atoms with van der Waals surface area (Å²) >= 11 is 5.27. The first-order valence-electron chi connectivity index (χ1n) is 9.95. The van der Waals surface area contributed by atoms with Gasteiger partial charge in [0, 0.05) is 32.5 Å². The molecule has 3 atom stereocenters. The first kappa shape index (κ1) is 23.8. The van der Waals surface area contributed by atoms with Crippen molar-refractivity contribution in [2.45, 2.75) is 51.6 Å². The maximum Gasteiger partial charge on any atom is 0.305 e. The van der Waals surface area contributed by atoms with E-state index < -0.39 is 6.10 Å². The van der Waals surface area contributed by atoms with Gasteiger partial charge in [0.2, 0.25) is 0 Å². The first-order valence-corrected chi connectivity index (χ1v) is 11.6. The predicted molar refractivity (Wildman–Crippen MR) is 121 cm³/mol. The average Bonchev–Trinajstić information content (AvgIpc) is 3.22. The lowest BCUT2D eigenvalue weighted by Gasteiger charge is -2.13. The van der Waals surface area contributed by atoms with Crippen LogP contribution in [0.3, 0.4) is 0 Å². The van der Waals surface area contributed by atoms with Gasteiger partial charge < -0.3 is 9.84 Å². The third-order valence-electron chi connectivity index (χ3n) is 5.00. The molecule has 0 fully saturated rings. The molecule has 1 N–H and O–H groups in total. The standard InChI is InChI=1S/C23H29BrO4S/c1-16-21(24)15-19(29-16)13-12-18(25)11-9-17-10-14-22(26)20(17)7-5-3-4-6-8-23(27)28-2/h3,5,9-11,14-15,17-18,20,25H,4,6-8,12-13H2,1-2H3/b5-3-,11-9+/t17?,18-,20-/m1/s1. The van der Waals surface area contributed by atoms with E-state index in [0.717, 1.165) is 23.7 Å². The van der Waals surface area contributed by atoms with E-state index in [0.29, 0.717) is 19.3 Å². The number of esters is 1. The summed E-state index contributed by atoms with van der Waals surface area (Å²) in [5.41, 5.74) is 0. The summed E-state index contributed by atoms with van der Waals surface area (Å²) < 4.78 is 5.74. The van der Waals surface area contributed by atoms with Crippen LogP contribution in [0, 0.1) is 18.8 Å². The van der Waals surface area contributed by atoms with Crippen molar-refractivity contribution in [1.82, 2.24) is 0 Å². The van der Waals surface area contributed by atoms with E-state index in [1.165, 1.54) is 16.9 Å². The molecule has 0 aromatic carbocycles. The second kappa shape index (κ2) is 12.3. The lowest BCUT2D eigenvalue weighted by atomic mass is 9.90. The SMILES string of the molecule is COC(=O)CCC/C=C\C[C@H]1C(=O)C=CC1/C=C/[C@@H](O)CCc1cc(Br)c(C)s1. The van der Waals surface area contributed by atoms with Gasteiger partial charge in [-0.25, -0.2) is 0 Å². The minimum atomic E-state index is -0.519. The molecule has 0 saturated heterocycles. The molecule has 1 aliphatic rings. The molecule has 0 saturated carbocycles. The Kier molecular flexibility index (Phi) is 10.0. The molecule has 1 heterocycles. The molecule has 0 radical (unpaired) electrons. The number of hydrogen-bond acceptors (Lipinski definition) is 5. The molecule has 6 heteroatoms.